The number of aryl methyl sites for hydroxylation is 1. The lowest BCUT2D eigenvalue weighted by Gasteiger charge is -2.02. The van der Waals surface area contributed by atoms with Crippen LogP contribution >= 0.6 is 11.3 Å². The molecule has 1 rings (SSSR count). The van der Waals surface area contributed by atoms with Crippen molar-refractivity contribution in [1.29, 1.82) is 0 Å². The van der Waals surface area contributed by atoms with Crippen molar-refractivity contribution in [2.24, 2.45) is 0 Å². The Morgan fingerprint density at radius 1 is 1.64 bits per heavy atom. The molecule has 1 aromatic heterocycles. The molecule has 0 unspecified atom stereocenters. The molecule has 0 atom stereocenters. The Hall–Kier alpha value is -0.940. The van der Waals surface area contributed by atoms with Gasteiger partial charge < -0.3 is 10.6 Å². The number of aromatic nitrogens is 1. The topological polar surface area (TPSA) is 54.0 Å². The Morgan fingerprint density at radius 3 is 3.00 bits per heavy atom. The number of thiazole rings is 1. The monoisotopic (exact) mass is 213 g/mol. The van der Waals surface area contributed by atoms with Gasteiger partial charge in [0.15, 0.2) is 0 Å². The number of amides is 1. The van der Waals surface area contributed by atoms with Crippen molar-refractivity contribution < 1.29 is 4.79 Å². The van der Waals surface area contributed by atoms with E-state index in [1.807, 2.05) is 19.2 Å². The number of nitrogens with zero attached hydrogens (tertiary/aromatic N) is 1. The van der Waals surface area contributed by atoms with Crippen LogP contribution in [0.25, 0.3) is 0 Å². The van der Waals surface area contributed by atoms with Crippen LogP contribution < -0.4 is 10.6 Å². The summed E-state index contributed by atoms with van der Waals surface area (Å²) in [5.41, 5.74) is 0.997. The summed E-state index contributed by atoms with van der Waals surface area (Å²) in [6, 6.07) is 0. The standard InChI is InChI=1S/C9H15N3OS/c1-3-11-9(13)5-10-4-8-6-14-7(2)12-8/h6,10H,3-5H2,1-2H3,(H,11,13). The van der Waals surface area contributed by atoms with Gasteiger partial charge in [-0.3, -0.25) is 4.79 Å². The summed E-state index contributed by atoms with van der Waals surface area (Å²) in [5.74, 6) is 0.0273. The number of hydrogen-bond acceptors (Lipinski definition) is 4. The third-order valence-electron chi connectivity index (χ3n) is 1.63. The molecule has 0 aliphatic heterocycles. The lowest BCUT2D eigenvalue weighted by Crippen LogP contribution is -2.33. The van der Waals surface area contributed by atoms with Crippen LogP contribution in [0.4, 0.5) is 0 Å². The maximum absolute atomic E-state index is 11.0. The summed E-state index contributed by atoms with van der Waals surface area (Å²) in [6.45, 7) is 5.56. The number of carbonyl (C=O) groups excluding carboxylic acids is 1. The first kappa shape index (κ1) is 11.1. The van der Waals surface area contributed by atoms with Crippen molar-refractivity contribution in [3.8, 4) is 0 Å². The molecule has 4 nitrogen and oxygen atoms in total. The zero-order valence-electron chi connectivity index (χ0n) is 8.46. The van der Waals surface area contributed by atoms with Crippen LogP contribution in [0.1, 0.15) is 17.6 Å². The van der Waals surface area contributed by atoms with Gasteiger partial charge in [-0.2, -0.15) is 0 Å². The van der Waals surface area contributed by atoms with Gasteiger partial charge in [0.1, 0.15) is 0 Å². The molecule has 0 saturated heterocycles. The summed E-state index contributed by atoms with van der Waals surface area (Å²) >= 11 is 1.62. The third-order valence-corrected chi connectivity index (χ3v) is 2.45. The van der Waals surface area contributed by atoms with Gasteiger partial charge in [-0.25, -0.2) is 4.98 Å². The molecule has 0 saturated carbocycles. The number of rotatable bonds is 5. The van der Waals surface area contributed by atoms with Crippen LogP contribution in [0.3, 0.4) is 0 Å². The molecule has 14 heavy (non-hydrogen) atoms. The summed E-state index contributed by atoms with van der Waals surface area (Å²) in [4.78, 5) is 15.3. The van der Waals surface area contributed by atoms with E-state index >= 15 is 0 Å². The first-order valence-corrected chi connectivity index (χ1v) is 5.48. The van der Waals surface area contributed by atoms with Crippen molar-refractivity contribution >= 4 is 17.2 Å². The molecule has 5 heteroatoms. The highest BCUT2D eigenvalue weighted by Crippen LogP contribution is 2.06. The van der Waals surface area contributed by atoms with E-state index in [1.165, 1.54) is 0 Å². The molecule has 2 N–H and O–H groups in total. The summed E-state index contributed by atoms with van der Waals surface area (Å²) in [5, 5.41) is 8.80. The molecule has 0 aromatic carbocycles. The Labute approximate surface area is 87.7 Å². The van der Waals surface area contributed by atoms with Crippen LogP contribution in [-0.2, 0) is 11.3 Å². The summed E-state index contributed by atoms with van der Waals surface area (Å²) < 4.78 is 0. The van der Waals surface area contributed by atoms with Gasteiger partial charge in [-0.1, -0.05) is 0 Å². The predicted octanol–water partition coefficient (Wildman–Crippen LogP) is 0.677. The van der Waals surface area contributed by atoms with Crippen molar-refractivity contribution in [3.63, 3.8) is 0 Å². The summed E-state index contributed by atoms with van der Waals surface area (Å²) in [6.07, 6.45) is 0. The molecule has 0 spiro atoms. The molecule has 1 amide bonds. The largest absolute Gasteiger partial charge is 0.355 e. The van der Waals surface area contributed by atoms with Crippen LogP contribution in [-0.4, -0.2) is 24.0 Å². The minimum atomic E-state index is 0.0273. The van der Waals surface area contributed by atoms with Crippen LogP contribution in [0.2, 0.25) is 0 Å². The Bertz CT molecular complexity index is 298. The van der Waals surface area contributed by atoms with Gasteiger partial charge in [0.25, 0.3) is 0 Å². The lowest BCUT2D eigenvalue weighted by molar-refractivity contribution is -0.120. The Kier molecular flexibility index (Phi) is 4.55. The van der Waals surface area contributed by atoms with Crippen molar-refractivity contribution in [2.45, 2.75) is 20.4 Å². The first-order chi connectivity index (χ1) is 6.72. The Balaban J connectivity index is 2.18. The second-order valence-corrected chi connectivity index (χ2v) is 3.98. The minimum absolute atomic E-state index is 0.0273. The zero-order chi connectivity index (χ0) is 10.4. The normalized spacial score (nSPS) is 10.1. The number of likely N-dealkylation sites (N-methyl/N-ethyl adjacent to an activating group) is 1. The molecule has 0 radical (unpaired) electrons. The molecule has 78 valence electrons. The highest BCUT2D eigenvalue weighted by atomic mass is 32.1. The van der Waals surface area contributed by atoms with Crippen molar-refractivity contribution in [3.05, 3.63) is 16.1 Å². The highest BCUT2D eigenvalue weighted by molar-refractivity contribution is 7.09. The van der Waals surface area contributed by atoms with E-state index in [4.69, 9.17) is 0 Å². The number of hydrogen-bond donors (Lipinski definition) is 2. The number of nitrogens with one attached hydrogen (secondary N) is 2. The van der Waals surface area contributed by atoms with Gasteiger partial charge in [-0.05, 0) is 13.8 Å². The fraction of sp³-hybridized carbons (Fsp3) is 0.556. The van der Waals surface area contributed by atoms with Gasteiger partial charge in [0.05, 0.1) is 17.2 Å². The van der Waals surface area contributed by atoms with Crippen molar-refractivity contribution in [1.82, 2.24) is 15.6 Å². The molecule has 0 fully saturated rings. The molecule has 1 aromatic rings. The number of carbonyl (C=O) groups is 1. The highest BCUT2D eigenvalue weighted by Gasteiger charge is 2.00. The summed E-state index contributed by atoms with van der Waals surface area (Å²) in [7, 11) is 0. The fourth-order valence-corrected chi connectivity index (χ4v) is 1.67. The predicted molar refractivity (Wildman–Crippen MR) is 57.2 cm³/mol. The van der Waals surface area contributed by atoms with E-state index in [-0.39, 0.29) is 5.91 Å². The molecular formula is C9H15N3OS. The smallest absolute Gasteiger partial charge is 0.233 e. The van der Waals surface area contributed by atoms with E-state index in [1.54, 1.807) is 11.3 Å². The first-order valence-electron chi connectivity index (χ1n) is 4.60. The average Bonchev–Trinajstić information content (AvgIpc) is 2.52. The average molecular weight is 213 g/mol. The molecule has 0 aliphatic rings. The SMILES string of the molecule is CCNC(=O)CNCc1csc(C)n1. The molecule has 1 heterocycles. The van der Waals surface area contributed by atoms with Gasteiger partial charge in [0.2, 0.25) is 5.91 Å². The second-order valence-electron chi connectivity index (χ2n) is 2.91. The molecule has 0 bridgehead atoms. The van der Waals surface area contributed by atoms with Crippen LogP contribution in [0, 0.1) is 6.92 Å². The van der Waals surface area contributed by atoms with E-state index in [0.29, 0.717) is 19.6 Å². The second kappa shape index (κ2) is 5.72. The molecule has 0 aliphatic carbocycles. The fourth-order valence-electron chi connectivity index (χ4n) is 1.05. The minimum Gasteiger partial charge on any atom is -0.355 e. The lowest BCUT2D eigenvalue weighted by atomic mass is 10.4. The van der Waals surface area contributed by atoms with Crippen LogP contribution in [0.5, 0.6) is 0 Å². The van der Waals surface area contributed by atoms with E-state index < -0.39 is 0 Å². The maximum atomic E-state index is 11.0. The van der Waals surface area contributed by atoms with Crippen LogP contribution in [0.15, 0.2) is 5.38 Å². The van der Waals surface area contributed by atoms with E-state index in [0.717, 1.165) is 10.7 Å². The van der Waals surface area contributed by atoms with Gasteiger partial charge in [-0.15, -0.1) is 11.3 Å². The quantitative estimate of drug-likeness (QED) is 0.756. The van der Waals surface area contributed by atoms with E-state index in [9.17, 15) is 4.79 Å². The molecular weight excluding hydrogens is 198 g/mol. The Morgan fingerprint density at radius 2 is 2.43 bits per heavy atom. The van der Waals surface area contributed by atoms with Gasteiger partial charge in [0, 0.05) is 18.5 Å². The third kappa shape index (κ3) is 3.85. The van der Waals surface area contributed by atoms with Gasteiger partial charge >= 0.3 is 0 Å². The zero-order valence-corrected chi connectivity index (χ0v) is 9.28. The van der Waals surface area contributed by atoms with E-state index in [2.05, 4.69) is 15.6 Å². The maximum Gasteiger partial charge on any atom is 0.233 e. The van der Waals surface area contributed by atoms with Crippen molar-refractivity contribution in [2.75, 3.05) is 13.1 Å².